The van der Waals surface area contributed by atoms with Crippen LogP contribution in [-0.4, -0.2) is 38.6 Å². The first kappa shape index (κ1) is 16.8. The van der Waals surface area contributed by atoms with Crippen molar-refractivity contribution in [3.8, 4) is 0 Å². The van der Waals surface area contributed by atoms with Crippen LogP contribution in [0.5, 0.6) is 0 Å². The van der Waals surface area contributed by atoms with E-state index in [9.17, 15) is 4.79 Å². The molecule has 1 amide bonds. The molecule has 0 aliphatic carbocycles. The Hall–Kier alpha value is -3.32. The Morgan fingerprint density at radius 3 is 2.93 bits per heavy atom. The summed E-state index contributed by atoms with van der Waals surface area (Å²) in [6, 6.07) is 11.6. The number of nitrogens with zero attached hydrogens (tertiary/aromatic N) is 4. The molecule has 0 unspecified atom stereocenters. The van der Waals surface area contributed by atoms with Crippen molar-refractivity contribution in [2.24, 2.45) is 0 Å². The van der Waals surface area contributed by atoms with Gasteiger partial charge in [0.25, 0.3) is 5.91 Å². The molecule has 0 spiro atoms. The van der Waals surface area contributed by atoms with Gasteiger partial charge in [-0.1, -0.05) is 18.2 Å². The minimum atomic E-state index is -0.215. The highest BCUT2D eigenvalue weighted by Crippen LogP contribution is 2.26. The van der Waals surface area contributed by atoms with Gasteiger partial charge in [-0.25, -0.2) is 4.98 Å². The summed E-state index contributed by atoms with van der Waals surface area (Å²) in [5.41, 5.74) is 3.83. The van der Waals surface area contributed by atoms with Gasteiger partial charge in [-0.3, -0.25) is 9.20 Å². The van der Waals surface area contributed by atoms with Gasteiger partial charge in [0.2, 0.25) is 0 Å². The normalized spacial score (nSPS) is 15.1. The average molecular weight is 372 g/mol. The third-order valence-electron chi connectivity index (χ3n) is 5.37. The second-order valence-electron chi connectivity index (χ2n) is 7.09. The highest BCUT2D eigenvalue weighted by atomic mass is 16.1. The molecule has 0 radical (unpaired) electrons. The minimum absolute atomic E-state index is 0.215. The molecule has 4 heterocycles. The van der Waals surface area contributed by atoms with Gasteiger partial charge in [0.05, 0.1) is 18.1 Å². The minimum Gasteiger partial charge on any atom is -0.319 e. The molecule has 28 heavy (non-hydrogen) atoms. The standard InChI is InChI=1S/C21H20N6O/c28-21(25-17-3-1-2-15-8-11-24-26-20(15)17)18-12-23-19-5-4-16(13-27(18)19)14-6-9-22-10-7-14/h1-5,8,11-14,22H,6-7,9-10H2,(H,25,28). The number of benzene rings is 1. The monoisotopic (exact) mass is 372 g/mol. The van der Waals surface area contributed by atoms with E-state index in [1.807, 2.05) is 34.7 Å². The first-order chi connectivity index (χ1) is 13.8. The molecule has 140 valence electrons. The number of pyridine rings is 1. The van der Waals surface area contributed by atoms with Crippen molar-refractivity contribution in [2.75, 3.05) is 18.4 Å². The Labute approximate surface area is 161 Å². The van der Waals surface area contributed by atoms with Crippen molar-refractivity contribution in [1.82, 2.24) is 24.9 Å². The zero-order valence-corrected chi connectivity index (χ0v) is 15.3. The van der Waals surface area contributed by atoms with E-state index in [1.165, 1.54) is 5.56 Å². The number of fused-ring (bicyclic) bond motifs is 2. The summed E-state index contributed by atoms with van der Waals surface area (Å²) in [5, 5.41) is 15.4. The van der Waals surface area contributed by atoms with Crippen molar-refractivity contribution < 1.29 is 4.79 Å². The second-order valence-corrected chi connectivity index (χ2v) is 7.09. The number of imidazole rings is 1. The smallest absolute Gasteiger partial charge is 0.274 e. The number of hydrogen-bond donors (Lipinski definition) is 2. The van der Waals surface area contributed by atoms with Crippen LogP contribution in [0.3, 0.4) is 0 Å². The molecule has 4 aromatic rings. The van der Waals surface area contributed by atoms with Crippen LogP contribution >= 0.6 is 0 Å². The van der Waals surface area contributed by atoms with Gasteiger partial charge in [-0.2, -0.15) is 5.10 Å². The quantitative estimate of drug-likeness (QED) is 0.578. The molecule has 1 fully saturated rings. The number of piperidine rings is 1. The first-order valence-electron chi connectivity index (χ1n) is 9.49. The summed E-state index contributed by atoms with van der Waals surface area (Å²) in [6.07, 6.45) is 7.53. The molecular weight excluding hydrogens is 352 g/mol. The SMILES string of the molecule is O=C(Nc1cccc2ccnnc12)c1cnc2ccc(C3CCNCC3)cn12. The fourth-order valence-corrected chi connectivity index (χ4v) is 3.86. The van der Waals surface area contributed by atoms with Gasteiger partial charge >= 0.3 is 0 Å². The van der Waals surface area contributed by atoms with Crippen LogP contribution in [0.1, 0.15) is 34.8 Å². The molecule has 1 saturated heterocycles. The molecule has 5 rings (SSSR count). The summed E-state index contributed by atoms with van der Waals surface area (Å²) in [6.45, 7) is 2.06. The summed E-state index contributed by atoms with van der Waals surface area (Å²) >= 11 is 0. The van der Waals surface area contributed by atoms with Crippen LogP contribution < -0.4 is 10.6 Å². The summed E-state index contributed by atoms with van der Waals surface area (Å²) in [7, 11) is 0. The van der Waals surface area contributed by atoms with Crippen molar-refractivity contribution >= 4 is 28.1 Å². The zero-order chi connectivity index (χ0) is 18.9. The third kappa shape index (κ3) is 2.99. The van der Waals surface area contributed by atoms with Gasteiger partial charge in [0.15, 0.2) is 0 Å². The number of hydrogen-bond acceptors (Lipinski definition) is 5. The van der Waals surface area contributed by atoms with Gasteiger partial charge in [-0.05, 0) is 55.6 Å². The van der Waals surface area contributed by atoms with Crippen molar-refractivity contribution in [2.45, 2.75) is 18.8 Å². The van der Waals surface area contributed by atoms with Crippen LogP contribution in [0.2, 0.25) is 0 Å². The maximum atomic E-state index is 13.0. The number of rotatable bonds is 3. The van der Waals surface area contributed by atoms with E-state index in [-0.39, 0.29) is 5.91 Å². The maximum absolute atomic E-state index is 13.0. The fraction of sp³-hybridized carbons (Fsp3) is 0.238. The molecule has 0 saturated carbocycles. The lowest BCUT2D eigenvalue weighted by Crippen LogP contribution is -2.26. The Kier molecular flexibility index (Phi) is 4.21. The van der Waals surface area contributed by atoms with Crippen LogP contribution in [0.25, 0.3) is 16.6 Å². The van der Waals surface area contributed by atoms with Crippen molar-refractivity contribution in [3.05, 3.63) is 66.2 Å². The van der Waals surface area contributed by atoms with E-state index in [0.717, 1.165) is 37.0 Å². The Morgan fingerprint density at radius 1 is 1.14 bits per heavy atom. The van der Waals surface area contributed by atoms with Crippen LogP contribution in [0.15, 0.2) is 55.0 Å². The van der Waals surface area contributed by atoms with Crippen LogP contribution in [0, 0.1) is 0 Å². The topological polar surface area (TPSA) is 84.2 Å². The van der Waals surface area contributed by atoms with E-state index in [2.05, 4.69) is 38.1 Å². The van der Waals surface area contributed by atoms with E-state index in [4.69, 9.17) is 0 Å². The molecule has 1 aliphatic heterocycles. The van der Waals surface area contributed by atoms with Crippen molar-refractivity contribution in [3.63, 3.8) is 0 Å². The lowest BCUT2D eigenvalue weighted by Gasteiger charge is -2.23. The van der Waals surface area contributed by atoms with E-state index < -0.39 is 0 Å². The highest BCUT2D eigenvalue weighted by Gasteiger charge is 2.18. The molecule has 0 bridgehead atoms. The van der Waals surface area contributed by atoms with E-state index >= 15 is 0 Å². The zero-order valence-electron chi connectivity index (χ0n) is 15.3. The molecule has 3 aromatic heterocycles. The summed E-state index contributed by atoms with van der Waals surface area (Å²) < 4.78 is 1.88. The van der Waals surface area contributed by atoms with Gasteiger partial charge in [-0.15, -0.1) is 5.10 Å². The molecule has 2 N–H and O–H groups in total. The number of aromatic nitrogens is 4. The Morgan fingerprint density at radius 2 is 2.04 bits per heavy atom. The van der Waals surface area contributed by atoms with Gasteiger partial charge < -0.3 is 10.6 Å². The van der Waals surface area contributed by atoms with Crippen molar-refractivity contribution in [1.29, 1.82) is 0 Å². The molecule has 1 aliphatic rings. The third-order valence-corrected chi connectivity index (χ3v) is 5.37. The van der Waals surface area contributed by atoms with E-state index in [0.29, 0.717) is 22.8 Å². The molecule has 0 atom stereocenters. The fourth-order valence-electron chi connectivity index (χ4n) is 3.86. The average Bonchev–Trinajstić information content (AvgIpc) is 3.18. The summed E-state index contributed by atoms with van der Waals surface area (Å²) in [4.78, 5) is 17.4. The largest absolute Gasteiger partial charge is 0.319 e. The lowest BCUT2D eigenvalue weighted by molar-refractivity contribution is 0.102. The number of carbonyl (C=O) groups excluding carboxylic acids is 1. The predicted octanol–water partition coefficient (Wildman–Crippen LogP) is 3.00. The summed E-state index contributed by atoms with van der Waals surface area (Å²) in [5.74, 6) is 0.297. The number of carbonyl (C=O) groups is 1. The van der Waals surface area contributed by atoms with Gasteiger partial charge in [0, 0.05) is 11.6 Å². The molecule has 7 nitrogen and oxygen atoms in total. The highest BCUT2D eigenvalue weighted by molar-refractivity contribution is 6.07. The second kappa shape index (κ2) is 7.01. The Balaban J connectivity index is 1.48. The number of anilines is 1. The lowest BCUT2D eigenvalue weighted by atomic mass is 9.91. The molecule has 1 aromatic carbocycles. The molecular formula is C21H20N6O. The molecule has 7 heteroatoms. The van der Waals surface area contributed by atoms with Crippen LogP contribution in [0.4, 0.5) is 5.69 Å². The Bertz CT molecular complexity index is 1160. The van der Waals surface area contributed by atoms with Crippen LogP contribution in [-0.2, 0) is 0 Å². The number of nitrogens with one attached hydrogen (secondary N) is 2. The number of amides is 1. The maximum Gasteiger partial charge on any atom is 0.274 e. The first-order valence-corrected chi connectivity index (χ1v) is 9.49. The van der Waals surface area contributed by atoms with Gasteiger partial charge in [0.1, 0.15) is 16.9 Å². The van der Waals surface area contributed by atoms with E-state index in [1.54, 1.807) is 12.4 Å². The predicted molar refractivity (Wildman–Crippen MR) is 108 cm³/mol.